The summed E-state index contributed by atoms with van der Waals surface area (Å²) in [6.07, 6.45) is 0.577. The number of amides is 3. The second kappa shape index (κ2) is 14.2. The van der Waals surface area contributed by atoms with Crippen molar-refractivity contribution in [1.29, 1.82) is 0 Å². The zero-order valence-electron chi connectivity index (χ0n) is 20.6. The molecule has 1 heterocycles. The Labute approximate surface area is 215 Å². The molecule has 0 unspecified atom stereocenters. The van der Waals surface area contributed by atoms with E-state index >= 15 is 0 Å². The highest BCUT2D eigenvalue weighted by molar-refractivity contribution is 7.09. The van der Waals surface area contributed by atoms with Crippen molar-refractivity contribution in [2.75, 3.05) is 38.7 Å². The molecule has 0 aliphatic rings. The number of carbonyl (C=O) groups excluding carboxylic acids is 2. The van der Waals surface area contributed by atoms with E-state index in [4.69, 9.17) is 9.47 Å². The van der Waals surface area contributed by atoms with E-state index in [0.717, 1.165) is 10.4 Å². The molecule has 192 valence electrons. The molecule has 36 heavy (non-hydrogen) atoms. The van der Waals surface area contributed by atoms with Crippen LogP contribution in [0.15, 0.2) is 66.0 Å². The highest BCUT2D eigenvalue weighted by atomic mass is 32.1. The first-order valence-electron chi connectivity index (χ1n) is 11.8. The number of urea groups is 1. The van der Waals surface area contributed by atoms with Gasteiger partial charge in [0.25, 0.3) is 0 Å². The topological polar surface area (TPSA) is 71.1 Å². The summed E-state index contributed by atoms with van der Waals surface area (Å²) in [7, 11) is 1.60. The third kappa shape index (κ3) is 8.35. The number of nitrogens with one attached hydrogen (secondary N) is 1. The van der Waals surface area contributed by atoms with Crippen LogP contribution >= 0.6 is 11.3 Å². The van der Waals surface area contributed by atoms with Crippen LogP contribution in [-0.4, -0.2) is 55.2 Å². The lowest BCUT2D eigenvalue weighted by molar-refractivity contribution is -0.133. The predicted octanol–water partition coefficient (Wildman–Crippen LogP) is 5.39. The Morgan fingerprint density at radius 1 is 1.00 bits per heavy atom. The molecule has 3 amide bonds. The van der Waals surface area contributed by atoms with E-state index in [9.17, 15) is 14.0 Å². The first kappa shape index (κ1) is 27.2. The van der Waals surface area contributed by atoms with Gasteiger partial charge in [-0.05, 0) is 54.6 Å². The second-order valence-electron chi connectivity index (χ2n) is 8.08. The zero-order valence-corrected chi connectivity index (χ0v) is 21.4. The molecule has 2 aromatic carbocycles. The fraction of sp³-hybridized carbons (Fsp3) is 0.333. The summed E-state index contributed by atoms with van der Waals surface area (Å²) >= 11 is 1.55. The number of thiophene rings is 1. The predicted molar refractivity (Wildman–Crippen MR) is 140 cm³/mol. The van der Waals surface area contributed by atoms with Gasteiger partial charge in [-0.3, -0.25) is 4.79 Å². The van der Waals surface area contributed by atoms with Gasteiger partial charge in [-0.2, -0.15) is 0 Å². The maximum absolute atomic E-state index is 13.5. The van der Waals surface area contributed by atoms with Gasteiger partial charge in [-0.15, -0.1) is 11.3 Å². The second-order valence-corrected chi connectivity index (χ2v) is 9.12. The molecule has 0 aliphatic carbocycles. The zero-order chi connectivity index (χ0) is 25.8. The van der Waals surface area contributed by atoms with Crippen LogP contribution < -0.4 is 10.1 Å². The van der Waals surface area contributed by atoms with Crippen molar-refractivity contribution in [2.24, 2.45) is 0 Å². The lowest BCUT2D eigenvalue weighted by atomic mass is 10.2. The number of nitrogens with zero attached hydrogens (tertiary/aromatic N) is 2. The fourth-order valence-corrected chi connectivity index (χ4v) is 4.31. The van der Waals surface area contributed by atoms with E-state index in [1.54, 1.807) is 47.6 Å². The van der Waals surface area contributed by atoms with Crippen LogP contribution in [0.2, 0.25) is 0 Å². The van der Waals surface area contributed by atoms with Gasteiger partial charge in [-0.25, -0.2) is 9.18 Å². The summed E-state index contributed by atoms with van der Waals surface area (Å²) in [6.45, 7) is 3.72. The summed E-state index contributed by atoms with van der Waals surface area (Å²) in [5.74, 6) is 0.0220. The summed E-state index contributed by atoms with van der Waals surface area (Å²) in [5, 5.41) is 4.83. The molecule has 0 radical (unpaired) electrons. The van der Waals surface area contributed by atoms with E-state index in [2.05, 4.69) is 5.32 Å². The van der Waals surface area contributed by atoms with Crippen LogP contribution in [0.3, 0.4) is 0 Å². The molecule has 1 aromatic heterocycles. The number of hydrogen-bond acceptors (Lipinski definition) is 5. The fourth-order valence-electron chi connectivity index (χ4n) is 3.59. The summed E-state index contributed by atoms with van der Waals surface area (Å²) in [6, 6.07) is 16.8. The minimum absolute atomic E-state index is 0.112. The van der Waals surface area contributed by atoms with Crippen molar-refractivity contribution in [3.05, 3.63) is 82.3 Å². The lowest BCUT2D eigenvalue weighted by Crippen LogP contribution is -2.44. The van der Waals surface area contributed by atoms with E-state index in [1.807, 2.05) is 36.6 Å². The summed E-state index contributed by atoms with van der Waals surface area (Å²) < 4.78 is 24.2. The Hall–Kier alpha value is -3.43. The number of benzene rings is 2. The molecule has 3 rings (SSSR count). The van der Waals surface area contributed by atoms with Crippen molar-refractivity contribution in [3.63, 3.8) is 0 Å². The molecular weight excluding hydrogens is 481 g/mol. The van der Waals surface area contributed by atoms with Gasteiger partial charge in [0.1, 0.15) is 18.1 Å². The van der Waals surface area contributed by atoms with Crippen molar-refractivity contribution in [3.8, 4) is 5.75 Å². The van der Waals surface area contributed by atoms with Gasteiger partial charge < -0.3 is 24.6 Å². The van der Waals surface area contributed by atoms with Crippen molar-refractivity contribution in [2.45, 2.75) is 26.4 Å². The molecule has 0 saturated heterocycles. The standard InChI is InChI=1S/C27H32FN3O4S/c1-3-35-25-10-5-4-9-24(25)29-27(33)30(15-7-16-34-2)20-26(32)31(19-23-8-6-17-36-23)18-21-11-13-22(28)14-12-21/h4-6,8-14,17H,3,7,15-16,18-20H2,1-2H3,(H,29,33). The van der Waals surface area contributed by atoms with Crippen LogP contribution in [-0.2, 0) is 22.6 Å². The Balaban J connectivity index is 1.76. The summed E-state index contributed by atoms with van der Waals surface area (Å²) in [4.78, 5) is 30.9. The van der Waals surface area contributed by atoms with E-state index < -0.39 is 6.03 Å². The molecule has 0 atom stereocenters. The maximum Gasteiger partial charge on any atom is 0.322 e. The first-order chi connectivity index (χ1) is 17.5. The first-order valence-corrected chi connectivity index (χ1v) is 12.7. The molecule has 0 bridgehead atoms. The third-order valence-corrected chi connectivity index (χ3v) is 6.25. The molecule has 0 spiro atoms. The van der Waals surface area contributed by atoms with Crippen LogP contribution in [0.5, 0.6) is 5.75 Å². The Kier molecular flexibility index (Phi) is 10.7. The van der Waals surface area contributed by atoms with Gasteiger partial charge >= 0.3 is 6.03 Å². The molecule has 9 heteroatoms. The average molecular weight is 514 g/mol. The SMILES string of the molecule is CCOc1ccccc1NC(=O)N(CCCOC)CC(=O)N(Cc1ccc(F)cc1)Cc1cccs1. The van der Waals surface area contributed by atoms with Gasteiger partial charge in [0, 0.05) is 31.7 Å². The van der Waals surface area contributed by atoms with Gasteiger partial charge in [0.05, 0.1) is 18.8 Å². The Morgan fingerprint density at radius 2 is 1.78 bits per heavy atom. The molecule has 3 aromatic rings. The largest absolute Gasteiger partial charge is 0.492 e. The highest BCUT2D eigenvalue weighted by Crippen LogP contribution is 2.24. The number of ether oxygens (including phenoxy) is 2. The van der Waals surface area contributed by atoms with Crippen molar-refractivity contribution >= 4 is 29.0 Å². The lowest BCUT2D eigenvalue weighted by Gasteiger charge is -2.28. The van der Waals surface area contributed by atoms with E-state index in [1.165, 1.54) is 17.0 Å². The van der Waals surface area contributed by atoms with Crippen molar-refractivity contribution in [1.82, 2.24) is 9.80 Å². The number of halogens is 1. The van der Waals surface area contributed by atoms with Crippen LogP contribution in [0.25, 0.3) is 0 Å². The number of anilines is 1. The molecule has 0 saturated carbocycles. The molecule has 7 nitrogen and oxygen atoms in total. The number of methoxy groups -OCH3 is 1. The van der Waals surface area contributed by atoms with Crippen molar-refractivity contribution < 1.29 is 23.5 Å². The smallest absolute Gasteiger partial charge is 0.322 e. The van der Waals surface area contributed by atoms with Crippen LogP contribution in [0, 0.1) is 5.82 Å². The minimum Gasteiger partial charge on any atom is -0.492 e. The third-order valence-electron chi connectivity index (χ3n) is 5.38. The van der Waals surface area contributed by atoms with Gasteiger partial charge in [0.2, 0.25) is 5.91 Å². The summed E-state index contributed by atoms with van der Waals surface area (Å²) in [5.41, 5.74) is 1.35. The monoisotopic (exact) mass is 513 g/mol. The number of para-hydroxylation sites is 2. The number of rotatable bonds is 13. The maximum atomic E-state index is 13.5. The van der Waals surface area contributed by atoms with Crippen LogP contribution in [0.4, 0.5) is 14.9 Å². The minimum atomic E-state index is -0.399. The normalized spacial score (nSPS) is 10.6. The van der Waals surface area contributed by atoms with E-state index in [0.29, 0.717) is 50.7 Å². The van der Waals surface area contributed by atoms with E-state index in [-0.39, 0.29) is 18.3 Å². The molecule has 0 aliphatic heterocycles. The average Bonchev–Trinajstić information content (AvgIpc) is 3.39. The highest BCUT2D eigenvalue weighted by Gasteiger charge is 2.23. The van der Waals surface area contributed by atoms with Gasteiger partial charge in [0.15, 0.2) is 0 Å². The Morgan fingerprint density at radius 3 is 2.47 bits per heavy atom. The number of hydrogen-bond donors (Lipinski definition) is 1. The molecular formula is C27H32FN3O4S. The number of carbonyl (C=O) groups is 2. The van der Waals surface area contributed by atoms with Crippen LogP contribution in [0.1, 0.15) is 23.8 Å². The van der Waals surface area contributed by atoms with Gasteiger partial charge in [-0.1, -0.05) is 30.3 Å². The Bertz CT molecular complexity index is 1090. The molecule has 0 fully saturated rings. The quantitative estimate of drug-likeness (QED) is 0.311. The molecule has 1 N–H and O–H groups in total.